The first-order valence-corrected chi connectivity index (χ1v) is 13.9. The molecule has 4 rings (SSSR count). The SMILES string of the molecule is O=C(COc1ccc(Cc2ccc(Cl)cc2)cc1)OCCCOC(=O)COc1ccc(Cc2ccc(Cl)cc2)cc1. The molecule has 0 aliphatic carbocycles. The molecule has 0 fully saturated rings. The summed E-state index contributed by atoms with van der Waals surface area (Å²) in [7, 11) is 0. The Labute approximate surface area is 249 Å². The van der Waals surface area contributed by atoms with Crippen molar-refractivity contribution < 1.29 is 28.5 Å². The van der Waals surface area contributed by atoms with Gasteiger partial charge in [-0.1, -0.05) is 71.7 Å². The first-order valence-electron chi connectivity index (χ1n) is 13.2. The van der Waals surface area contributed by atoms with Crippen LogP contribution in [0.15, 0.2) is 97.1 Å². The first kappa shape index (κ1) is 30.0. The molecule has 212 valence electrons. The summed E-state index contributed by atoms with van der Waals surface area (Å²) in [4.78, 5) is 23.9. The van der Waals surface area contributed by atoms with E-state index < -0.39 is 11.9 Å². The number of hydrogen-bond donors (Lipinski definition) is 0. The summed E-state index contributed by atoms with van der Waals surface area (Å²) in [6, 6.07) is 30.5. The van der Waals surface area contributed by atoms with Gasteiger partial charge in [-0.25, -0.2) is 9.59 Å². The molecule has 0 heterocycles. The number of halogens is 2. The van der Waals surface area contributed by atoms with Crippen LogP contribution >= 0.6 is 23.2 Å². The van der Waals surface area contributed by atoms with Gasteiger partial charge >= 0.3 is 11.9 Å². The molecule has 0 spiro atoms. The van der Waals surface area contributed by atoms with Crippen LogP contribution in [-0.2, 0) is 31.9 Å². The molecule has 0 radical (unpaired) electrons. The van der Waals surface area contributed by atoms with Crippen molar-refractivity contribution in [1.29, 1.82) is 0 Å². The Hall–Kier alpha value is -4.00. The Kier molecular flexibility index (Phi) is 11.5. The molecule has 0 saturated heterocycles. The van der Waals surface area contributed by atoms with Crippen molar-refractivity contribution in [2.75, 3.05) is 26.4 Å². The van der Waals surface area contributed by atoms with Gasteiger partial charge in [0.15, 0.2) is 13.2 Å². The molecule has 0 atom stereocenters. The maximum atomic E-state index is 12.0. The molecule has 4 aromatic carbocycles. The predicted molar refractivity (Wildman–Crippen MR) is 159 cm³/mol. The zero-order chi connectivity index (χ0) is 28.9. The van der Waals surface area contributed by atoms with E-state index in [1.807, 2.05) is 97.1 Å². The van der Waals surface area contributed by atoms with Gasteiger partial charge in [-0.3, -0.25) is 0 Å². The molecule has 6 nitrogen and oxygen atoms in total. The van der Waals surface area contributed by atoms with E-state index in [0.29, 0.717) is 28.0 Å². The summed E-state index contributed by atoms with van der Waals surface area (Å²) in [6.07, 6.45) is 1.92. The van der Waals surface area contributed by atoms with Gasteiger partial charge in [0, 0.05) is 16.5 Å². The molecule has 0 aromatic heterocycles. The predicted octanol–water partition coefficient (Wildman–Crippen LogP) is 7.11. The zero-order valence-corrected chi connectivity index (χ0v) is 23.9. The van der Waals surface area contributed by atoms with Gasteiger partial charge in [-0.15, -0.1) is 0 Å². The van der Waals surface area contributed by atoms with Gasteiger partial charge in [-0.05, 0) is 83.6 Å². The van der Waals surface area contributed by atoms with Crippen LogP contribution < -0.4 is 9.47 Å². The molecule has 0 N–H and O–H groups in total. The van der Waals surface area contributed by atoms with Crippen LogP contribution in [-0.4, -0.2) is 38.4 Å². The van der Waals surface area contributed by atoms with E-state index in [1.165, 1.54) is 0 Å². The number of carbonyl (C=O) groups is 2. The average molecular weight is 594 g/mol. The second kappa shape index (κ2) is 15.7. The van der Waals surface area contributed by atoms with Crippen LogP contribution in [0.25, 0.3) is 0 Å². The molecule has 4 aromatic rings. The lowest BCUT2D eigenvalue weighted by molar-refractivity contribution is -0.148. The largest absolute Gasteiger partial charge is 0.482 e. The van der Waals surface area contributed by atoms with E-state index in [1.54, 1.807) is 0 Å². The standard InChI is InChI=1S/C33H30Cl2O6/c34-28-10-2-24(3-11-28)20-26-6-14-30(15-7-26)40-22-32(36)38-18-1-19-39-33(37)23-41-31-16-8-27(9-17-31)21-25-4-12-29(35)13-5-25/h2-17H,1,18-23H2. The lowest BCUT2D eigenvalue weighted by atomic mass is 10.1. The second-order valence-corrected chi connectivity index (χ2v) is 10.1. The van der Waals surface area contributed by atoms with Crippen molar-refractivity contribution in [3.05, 3.63) is 129 Å². The third-order valence-electron chi connectivity index (χ3n) is 6.02. The number of carbonyl (C=O) groups excluding carboxylic acids is 2. The first-order chi connectivity index (χ1) is 19.9. The molecular formula is C33H30Cl2O6. The van der Waals surface area contributed by atoms with Gasteiger partial charge in [0.25, 0.3) is 0 Å². The Bertz CT molecular complexity index is 1280. The number of benzene rings is 4. The fourth-order valence-corrected chi connectivity index (χ4v) is 4.13. The molecule has 0 aliphatic heterocycles. The summed E-state index contributed by atoms with van der Waals surface area (Å²) in [5, 5.41) is 1.42. The molecule has 0 bridgehead atoms. The maximum absolute atomic E-state index is 12.0. The van der Waals surface area contributed by atoms with E-state index in [9.17, 15) is 9.59 Å². The van der Waals surface area contributed by atoms with Crippen molar-refractivity contribution in [3.8, 4) is 11.5 Å². The van der Waals surface area contributed by atoms with Gasteiger partial charge in [0.05, 0.1) is 13.2 Å². The molecule has 0 saturated carbocycles. The van der Waals surface area contributed by atoms with E-state index in [-0.39, 0.29) is 26.4 Å². The normalized spacial score (nSPS) is 10.6. The minimum atomic E-state index is -0.496. The molecule has 0 amide bonds. The summed E-state index contributed by atoms with van der Waals surface area (Å²) < 4.78 is 21.3. The highest BCUT2D eigenvalue weighted by atomic mass is 35.5. The summed E-state index contributed by atoms with van der Waals surface area (Å²) in [5.41, 5.74) is 4.54. The van der Waals surface area contributed by atoms with Gasteiger partial charge < -0.3 is 18.9 Å². The minimum Gasteiger partial charge on any atom is -0.482 e. The number of esters is 2. The highest BCUT2D eigenvalue weighted by molar-refractivity contribution is 6.30. The number of ether oxygens (including phenoxy) is 4. The van der Waals surface area contributed by atoms with Crippen molar-refractivity contribution in [2.45, 2.75) is 19.3 Å². The quantitative estimate of drug-likeness (QED) is 0.115. The highest BCUT2D eigenvalue weighted by Crippen LogP contribution is 2.18. The fraction of sp³-hybridized carbons (Fsp3) is 0.212. The van der Waals surface area contributed by atoms with E-state index in [4.69, 9.17) is 42.1 Å². The third kappa shape index (κ3) is 10.8. The highest BCUT2D eigenvalue weighted by Gasteiger charge is 2.08. The van der Waals surface area contributed by atoms with E-state index >= 15 is 0 Å². The van der Waals surface area contributed by atoms with Crippen LogP contribution in [0.1, 0.15) is 28.7 Å². The molecule has 8 heteroatoms. The van der Waals surface area contributed by atoms with Crippen LogP contribution in [0, 0.1) is 0 Å². The Morgan fingerprint density at radius 3 is 1.15 bits per heavy atom. The van der Waals surface area contributed by atoms with Gasteiger partial charge in [-0.2, -0.15) is 0 Å². The summed E-state index contributed by atoms with van der Waals surface area (Å²) in [5.74, 6) is 0.160. The van der Waals surface area contributed by atoms with Crippen molar-refractivity contribution >= 4 is 35.1 Å². The number of rotatable bonds is 14. The van der Waals surface area contributed by atoms with Crippen molar-refractivity contribution in [3.63, 3.8) is 0 Å². The van der Waals surface area contributed by atoms with Crippen LogP contribution in [0.3, 0.4) is 0 Å². The second-order valence-electron chi connectivity index (χ2n) is 9.27. The third-order valence-corrected chi connectivity index (χ3v) is 6.52. The Morgan fingerprint density at radius 1 is 0.488 bits per heavy atom. The smallest absolute Gasteiger partial charge is 0.344 e. The minimum absolute atomic E-state index is 0.117. The fourth-order valence-electron chi connectivity index (χ4n) is 3.88. The lowest BCUT2D eigenvalue weighted by Crippen LogP contribution is -2.18. The lowest BCUT2D eigenvalue weighted by Gasteiger charge is -2.09. The molecular weight excluding hydrogens is 563 g/mol. The topological polar surface area (TPSA) is 71.1 Å². The molecule has 41 heavy (non-hydrogen) atoms. The van der Waals surface area contributed by atoms with Crippen LogP contribution in [0.4, 0.5) is 0 Å². The molecule has 0 aliphatic rings. The summed E-state index contributed by atoms with van der Waals surface area (Å²) in [6.45, 7) is -0.178. The molecule has 0 unspecified atom stereocenters. The monoisotopic (exact) mass is 592 g/mol. The summed E-state index contributed by atoms with van der Waals surface area (Å²) >= 11 is 11.9. The van der Waals surface area contributed by atoms with Gasteiger partial charge in [0.1, 0.15) is 11.5 Å². The van der Waals surface area contributed by atoms with E-state index in [2.05, 4.69) is 0 Å². The van der Waals surface area contributed by atoms with Gasteiger partial charge in [0.2, 0.25) is 0 Å². The number of hydrogen-bond acceptors (Lipinski definition) is 6. The van der Waals surface area contributed by atoms with Crippen molar-refractivity contribution in [1.82, 2.24) is 0 Å². The zero-order valence-electron chi connectivity index (χ0n) is 22.4. The van der Waals surface area contributed by atoms with Crippen molar-refractivity contribution in [2.24, 2.45) is 0 Å². The van der Waals surface area contributed by atoms with Crippen LogP contribution in [0.5, 0.6) is 11.5 Å². The van der Waals surface area contributed by atoms with Crippen LogP contribution in [0.2, 0.25) is 10.0 Å². The maximum Gasteiger partial charge on any atom is 0.344 e. The van der Waals surface area contributed by atoms with E-state index in [0.717, 1.165) is 35.1 Å². The average Bonchev–Trinajstić information content (AvgIpc) is 2.98. The Morgan fingerprint density at radius 2 is 0.805 bits per heavy atom. The Balaban J connectivity index is 1.04.